The first-order valence-corrected chi connectivity index (χ1v) is 7.26. The molecule has 1 N–H and O–H groups in total. The Morgan fingerprint density at radius 2 is 1.91 bits per heavy atom. The molecule has 22 heavy (non-hydrogen) atoms. The minimum atomic E-state index is -0.455. The van der Waals surface area contributed by atoms with Gasteiger partial charge in [-0.2, -0.15) is 5.10 Å². The largest absolute Gasteiger partial charge is 0.329 e. The molecule has 1 aromatic heterocycles. The van der Waals surface area contributed by atoms with Gasteiger partial charge in [0.05, 0.1) is 6.21 Å². The molecule has 0 aliphatic heterocycles. The van der Waals surface area contributed by atoms with Crippen LogP contribution < -0.4 is 16.3 Å². The molecule has 0 unspecified atom stereocenters. The zero-order chi connectivity index (χ0) is 16.1. The molecule has 6 nitrogen and oxygen atoms in total. The van der Waals surface area contributed by atoms with E-state index in [1.807, 2.05) is 19.1 Å². The van der Waals surface area contributed by atoms with Crippen LogP contribution in [-0.2, 0) is 13.5 Å². The average Bonchev–Trinajstić information content (AvgIpc) is 2.53. The van der Waals surface area contributed by atoms with Crippen LogP contribution in [0.15, 0.2) is 45.0 Å². The number of anilines is 1. The molecule has 0 amide bonds. The van der Waals surface area contributed by atoms with E-state index in [1.54, 1.807) is 11.2 Å². The molecule has 0 atom stereocenters. The molecule has 0 aliphatic carbocycles. The Hall–Kier alpha value is -2.63. The second kappa shape index (κ2) is 6.89. The van der Waals surface area contributed by atoms with E-state index in [2.05, 4.69) is 29.1 Å². The number of benzene rings is 1. The van der Waals surface area contributed by atoms with Crippen molar-refractivity contribution >= 4 is 12.0 Å². The van der Waals surface area contributed by atoms with Gasteiger partial charge in [0.2, 0.25) is 0 Å². The standard InChI is InChI=1S/C16H20N4O2/c1-4-12-6-8-13(9-7-12)11-17-20(5-2)14-10-15(21)19(3)16(22)18-14/h6-11H,4-5H2,1-3H3,(H,18,22). The van der Waals surface area contributed by atoms with E-state index in [4.69, 9.17) is 0 Å². The quantitative estimate of drug-likeness (QED) is 0.672. The fraction of sp³-hybridized carbons (Fsp3) is 0.312. The first-order valence-electron chi connectivity index (χ1n) is 7.26. The highest BCUT2D eigenvalue weighted by Crippen LogP contribution is 2.07. The lowest BCUT2D eigenvalue weighted by Gasteiger charge is -2.16. The smallest absolute Gasteiger partial charge is 0.292 e. The second-order valence-corrected chi connectivity index (χ2v) is 4.91. The highest BCUT2D eigenvalue weighted by molar-refractivity contribution is 5.80. The van der Waals surface area contributed by atoms with Crippen LogP contribution in [0.4, 0.5) is 5.82 Å². The van der Waals surface area contributed by atoms with Gasteiger partial charge in [0.15, 0.2) is 0 Å². The number of aromatic amines is 1. The van der Waals surface area contributed by atoms with Crippen LogP contribution in [0.5, 0.6) is 0 Å². The van der Waals surface area contributed by atoms with Crippen molar-refractivity contribution in [3.63, 3.8) is 0 Å². The molecule has 116 valence electrons. The third kappa shape index (κ3) is 3.52. The molecule has 0 aliphatic rings. The van der Waals surface area contributed by atoms with Gasteiger partial charge in [0.25, 0.3) is 5.56 Å². The van der Waals surface area contributed by atoms with Gasteiger partial charge in [0, 0.05) is 19.7 Å². The molecule has 6 heteroatoms. The van der Waals surface area contributed by atoms with Crippen molar-refractivity contribution in [1.29, 1.82) is 0 Å². The Balaban J connectivity index is 2.26. The number of nitrogens with zero attached hydrogens (tertiary/aromatic N) is 3. The van der Waals surface area contributed by atoms with Crippen molar-refractivity contribution in [2.75, 3.05) is 11.6 Å². The van der Waals surface area contributed by atoms with E-state index in [1.165, 1.54) is 18.7 Å². The highest BCUT2D eigenvalue weighted by atomic mass is 16.2. The molecule has 1 aromatic carbocycles. The number of hydrogen-bond donors (Lipinski definition) is 1. The molecule has 2 aromatic rings. The summed E-state index contributed by atoms with van der Waals surface area (Å²) >= 11 is 0. The van der Waals surface area contributed by atoms with Crippen LogP contribution in [0.3, 0.4) is 0 Å². The maximum Gasteiger partial charge on any atom is 0.329 e. The summed E-state index contributed by atoms with van der Waals surface area (Å²) in [5.74, 6) is 0.386. The SMILES string of the molecule is CCc1ccc(C=NN(CC)c2cc(=O)n(C)c(=O)[nH]2)cc1. The summed E-state index contributed by atoms with van der Waals surface area (Å²) < 4.78 is 1.02. The molecule has 1 heterocycles. The fourth-order valence-electron chi connectivity index (χ4n) is 1.97. The molecular weight excluding hydrogens is 280 g/mol. The van der Waals surface area contributed by atoms with Crippen molar-refractivity contribution < 1.29 is 0 Å². The van der Waals surface area contributed by atoms with Crippen molar-refractivity contribution in [2.45, 2.75) is 20.3 Å². The van der Waals surface area contributed by atoms with Gasteiger partial charge < -0.3 is 0 Å². The lowest BCUT2D eigenvalue weighted by Crippen LogP contribution is -2.34. The van der Waals surface area contributed by atoms with Crippen LogP contribution in [0.1, 0.15) is 25.0 Å². The summed E-state index contributed by atoms with van der Waals surface area (Å²) in [4.78, 5) is 26.0. The van der Waals surface area contributed by atoms with E-state index in [0.717, 1.165) is 16.6 Å². The zero-order valence-corrected chi connectivity index (χ0v) is 13.0. The predicted octanol–water partition coefficient (Wildman–Crippen LogP) is 1.50. The van der Waals surface area contributed by atoms with Crippen LogP contribution in [0.2, 0.25) is 0 Å². The number of aromatic nitrogens is 2. The van der Waals surface area contributed by atoms with Crippen LogP contribution in [0, 0.1) is 0 Å². The van der Waals surface area contributed by atoms with Gasteiger partial charge in [-0.25, -0.2) is 9.80 Å². The highest BCUT2D eigenvalue weighted by Gasteiger charge is 2.06. The number of rotatable bonds is 5. The number of aryl methyl sites for hydroxylation is 1. The Labute approximate surface area is 128 Å². The average molecular weight is 300 g/mol. The van der Waals surface area contributed by atoms with Crippen molar-refractivity contribution in [2.24, 2.45) is 12.1 Å². The minimum absolute atomic E-state index is 0.361. The maximum atomic E-state index is 11.7. The van der Waals surface area contributed by atoms with Crippen LogP contribution in [0.25, 0.3) is 0 Å². The van der Waals surface area contributed by atoms with Crippen molar-refractivity contribution in [3.8, 4) is 0 Å². The minimum Gasteiger partial charge on any atom is -0.292 e. The zero-order valence-electron chi connectivity index (χ0n) is 13.0. The number of nitrogens with one attached hydrogen (secondary N) is 1. The molecule has 0 saturated heterocycles. The summed E-state index contributed by atoms with van der Waals surface area (Å²) in [6.07, 6.45) is 2.70. The van der Waals surface area contributed by atoms with Gasteiger partial charge in [-0.3, -0.25) is 14.3 Å². The topological polar surface area (TPSA) is 70.5 Å². The van der Waals surface area contributed by atoms with Crippen LogP contribution in [-0.4, -0.2) is 22.3 Å². The van der Waals surface area contributed by atoms with E-state index in [9.17, 15) is 9.59 Å². The number of hydrogen-bond acceptors (Lipinski definition) is 4. The first-order chi connectivity index (χ1) is 10.5. The van der Waals surface area contributed by atoms with E-state index >= 15 is 0 Å². The lowest BCUT2D eigenvalue weighted by atomic mass is 10.1. The molecule has 0 spiro atoms. The Kier molecular flexibility index (Phi) is 4.93. The summed E-state index contributed by atoms with van der Waals surface area (Å²) in [5.41, 5.74) is 1.41. The van der Waals surface area contributed by atoms with E-state index in [-0.39, 0.29) is 5.56 Å². The second-order valence-electron chi connectivity index (χ2n) is 4.91. The fourth-order valence-corrected chi connectivity index (χ4v) is 1.97. The summed E-state index contributed by atoms with van der Waals surface area (Å²) in [5, 5.41) is 5.92. The normalized spacial score (nSPS) is 11.0. The molecule has 0 bridgehead atoms. The van der Waals surface area contributed by atoms with E-state index in [0.29, 0.717) is 12.4 Å². The summed E-state index contributed by atoms with van der Waals surface area (Å²) in [6, 6.07) is 9.45. The Morgan fingerprint density at radius 1 is 1.23 bits per heavy atom. The van der Waals surface area contributed by atoms with Crippen molar-refractivity contribution in [1.82, 2.24) is 9.55 Å². The molecule has 0 saturated carbocycles. The van der Waals surface area contributed by atoms with E-state index < -0.39 is 5.69 Å². The molecule has 0 fully saturated rings. The third-order valence-electron chi connectivity index (χ3n) is 3.44. The Bertz CT molecular complexity index is 741. The first kappa shape index (κ1) is 15.8. The summed E-state index contributed by atoms with van der Waals surface area (Å²) in [6.45, 7) is 4.54. The summed E-state index contributed by atoms with van der Waals surface area (Å²) in [7, 11) is 1.43. The van der Waals surface area contributed by atoms with Crippen LogP contribution >= 0.6 is 0 Å². The monoisotopic (exact) mass is 300 g/mol. The van der Waals surface area contributed by atoms with Crippen molar-refractivity contribution in [3.05, 3.63) is 62.3 Å². The lowest BCUT2D eigenvalue weighted by molar-refractivity contribution is 0.756. The molecular formula is C16H20N4O2. The van der Waals surface area contributed by atoms with Gasteiger partial charge in [-0.05, 0) is 24.5 Å². The predicted molar refractivity (Wildman–Crippen MR) is 88.7 cm³/mol. The third-order valence-corrected chi connectivity index (χ3v) is 3.44. The maximum absolute atomic E-state index is 11.7. The van der Waals surface area contributed by atoms with Gasteiger partial charge in [-0.1, -0.05) is 31.2 Å². The van der Waals surface area contributed by atoms with Gasteiger partial charge in [-0.15, -0.1) is 0 Å². The molecule has 2 rings (SSSR count). The van der Waals surface area contributed by atoms with Gasteiger partial charge in [0.1, 0.15) is 5.82 Å². The van der Waals surface area contributed by atoms with Gasteiger partial charge >= 0.3 is 5.69 Å². The number of H-pyrrole nitrogens is 1. The Morgan fingerprint density at radius 3 is 2.45 bits per heavy atom. The number of hydrazone groups is 1. The molecule has 0 radical (unpaired) electrons.